The van der Waals surface area contributed by atoms with E-state index in [2.05, 4.69) is 0 Å². The third-order valence-electron chi connectivity index (χ3n) is 4.30. The molecular weight excluding hydrogens is 342 g/mol. The molecule has 0 spiro atoms. The Morgan fingerprint density at radius 3 is 2.96 bits per heavy atom. The van der Waals surface area contributed by atoms with Crippen LogP contribution in [0.2, 0.25) is 0 Å². The summed E-state index contributed by atoms with van der Waals surface area (Å²) in [4.78, 5) is 29.4. The second-order valence-electron chi connectivity index (χ2n) is 5.85. The molecule has 2 aliphatic rings. The van der Waals surface area contributed by atoms with Crippen molar-refractivity contribution in [2.24, 2.45) is 0 Å². The van der Waals surface area contributed by atoms with Gasteiger partial charge in [-0.25, -0.2) is 4.79 Å². The predicted octanol–water partition coefficient (Wildman–Crippen LogP) is 3.53. The number of ether oxygens (including phenoxy) is 1. The van der Waals surface area contributed by atoms with Crippen molar-refractivity contribution in [2.45, 2.75) is 24.2 Å². The van der Waals surface area contributed by atoms with Gasteiger partial charge in [-0.1, -0.05) is 12.1 Å². The summed E-state index contributed by atoms with van der Waals surface area (Å²) >= 11 is 3.25. The van der Waals surface area contributed by atoms with Crippen molar-refractivity contribution in [2.75, 3.05) is 23.8 Å². The molecule has 1 aromatic heterocycles. The van der Waals surface area contributed by atoms with Crippen LogP contribution in [-0.4, -0.2) is 30.8 Å². The standard InChI is InChI=1S/C18H17NO3S2/c20-17(19-8-9-23-15-6-2-1-5-13(15)19)11-22-18(21)16-10-12-4-3-7-14(12)24-16/h1-2,5-6,10H,3-4,7-9,11H2. The first-order chi connectivity index (χ1) is 11.7. The van der Waals surface area contributed by atoms with Crippen LogP contribution in [0.5, 0.6) is 0 Å². The Hall–Kier alpha value is -1.79. The van der Waals surface area contributed by atoms with Crippen LogP contribution in [0.3, 0.4) is 0 Å². The highest BCUT2D eigenvalue weighted by molar-refractivity contribution is 7.99. The first kappa shape index (κ1) is 15.7. The lowest BCUT2D eigenvalue weighted by Crippen LogP contribution is -2.38. The van der Waals surface area contributed by atoms with Gasteiger partial charge in [0.05, 0.1) is 5.69 Å². The lowest BCUT2D eigenvalue weighted by Gasteiger charge is -2.28. The van der Waals surface area contributed by atoms with Crippen LogP contribution >= 0.6 is 23.1 Å². The SMILES string of the molecule is O=C(OCC(=O)N1CCSc2ccccc21)c1cc2c(s1)CCC2. The van der Waals surface area contributed by atoms with Gasteiger partial charge < -0.3 is 9.64 Å². The fourth-order valence-corrected chi connectivity index (χ4v) is 5.28. The second-order valence-corrected chi connectivity index (χ2v) is 8.12. The molecule has 0 atom stereocenters. The average molecular weight is 359 g/mol. The quantitative estimate of drug-likeness (QED) is 0.787. The third kappa shape index (κ3) is 2.96. The molecule has 2 aromatic rings. The lowest BCUT2D eigenvalue weighted by molar-refractivity contribution is -0.121. The van der Waals surface area contributed by atoms with Crippen LogP contribution in [0.15, 0.2) is 35.2 Å². The van der Waals surface area contributed by atoms with E-state index in [1.54, 1.807) is 16.7 Å². The highest BCUT2D eigenvalue weighted by Crippen LogP contribution is 2.34. The molecule has 124 valence electrons. The maximum atomic E-state index is 12.5. The molecule has 2 heterocycles. The van der Waals surface area contributed by atoms with Crippen LogP contribution in [0.1, 0.15) is 26.5 Å². The molecule has 0 fully saturated rings. The molecule has 1 amide bonds. The van der Waals surface area contributed by atoms with E-state index in [1.165, 1.54) is 28.2 Å². The van der Waals surface area contributed by atoms with Crippen LogP contribution in [0.25, 0.3) is 0 Å². The number of hydrogen-bond donors (Lipinski definition) is 0. The fraction of sp³-hybridized carbons (Fsp3) is 0.333. The minimum Gasteiger partial charge on any atom is -0.451 e. The molecule has 0 radical (unpaired) electrons. The number of nitrogens with zero attached hydrogens (tertiary/aromatic N) is 1. The number of hydrogen-bond acceptors (Lipinski definition) is 5. The average Bonchev–Trinajstić information content (AvgIpc) is 3.20. The maximum absolute atomic E-state index is 12.5. The zero-order valence-electron chi connectivity index (χ0n) is 13.1. The molecule has 4 rings (SSSR count). The summed E-state index contributed by atoms with van der Waals surface area (Å²) in [5.41, 5.74) is 2.17. The number of rotatable bonds is 3. The molecular formula is C18H17NO3S2. The van der Waals surface area contributed by atoms with Gasteiger partial charge in [-0.3, -0.25) is 4.79 Å². The number of carbonyl (C=O) groups is 2. The lowest BCUT2D eigenvalue weighted by atomic mass is 10.2. The molecule has 1 aromatic carbocycles. The number of fused-ring (bicyclic) bond motifs is 2. The molecule has 0 N–H and O–H groups in total. The second kappa shape index (κ2) is 6.61. The van der Waals surface area contributed by atoms with Crippen molar-refractivity contribution in [3.8, 4) is 0 Å². The number of esters is 1. The van der Waals surface area contributed by atoms with Gasteiger partial charge in [-0.05, 0) is 43.0 Å². The summed E-state index contributed by atoms with van der Waals surface area (Å²) in [6.45, 7) is 0.436. The van der Waals surface area contributed by atoms with E-state index < -0.39 is 0 Å². The van der Waals surface area contributed by atoms with Gasteiger partial charge in [0.25, 0.3) is 5.91 Å². The normalized spacial score (nSPS) is 15.8. The number of benzene rings is 1. The fourth-order valence-electron chi connectivity index (χ4n) is 3.13. The van der Waals surface area contributed by atoms with Gasteiger partial charge in [0.1, 0.15) is 4.88 Å². The van der Waals surface area contributed by atoms with E-state index in [0.29, 0.717) is 11.4 Å². The van der Waals surface area contributed by atoms with Gasteiger partial charge in [0, 0.05) is 22.1 Å². The van der Waals surface area contributed by atoms with Crippen LogP contribution in [-0.2, 0) is 22.4 Å². The summed E-state index contributed by atoms with van der Waals surface area (Å²) in [6.07, 6.45) is 3.26. The Bertz CT molecular complexity index is 778. The van der Waals surface area contributed by atoms with Gasteiger partial charge >= 0.3 is 5.97 Å². The van der Waals surface area contributed by atoms with E-state index in [0.717, 1.165) is 29.2 Å². The number of aryl methyl sites for hydroxylation is 2. The number of para-hydroxylation sites is 1. The van der Waals surface area contributed by atoms with Crippen molar-refractivity contribution in [1.29, 1.82) is 0 Å². The Morgan fingerprint density at radius 2 is 2.08 bits per heavy atom. The van der Waals surface area contributed by atoms with Crippen molar-refractivity contribution in [3.05, 3.63) is 45.6 Å². The smallest absolute Gasteiger partial charge is 0.348 e. The minimum atomic E-state index is -0.387. The summed E-state index contributed by atoms with van der Waals surface area (Å²) in [5, 5.41) is 0. The molecule has 0 saturated carbocycles. The summed E-state index contributed by atoms with van der Waals surface area (Å²) in [7, 11) is 0. The van der Waals surface area contributed by atoms with Crippen molar-refractivity contribution in [1.82, 2.24) is 0 Å². The van der Waals surface area contributed by atoms with E-state index in [1.807, 2.05) is 30.3 Å². The minimum absolute atomic E-state index is 0.166. The van der Waals surface area contributed by atoms with Crippen LogP contribution in [0, 0.1) is 0 Å². The molecule has 1 aliphatic carbocycles. The first-order valence-electron chi connectivity index (χ1n) is 8.03. The Balaban J connectivity index is 1.41. The van der Waals surface area contributed by atoms with Gasteiger partial charge in [-0.15, -0.1) is 23.1 Å². The number of thioether (sulfide) groups is 1. The molecule has 0 unspecified atom stereocenters. The van der Waals surface area contributed by atoms with E-state index in [-0.39, 0.29) is 18.5 Å². The highest BCUT2D eigenvalue weighted by atomic mass is 32.2. The summed E-state index contributed by atoms with van der Waals surface area (Å²) in [5.74, 6) is 0.302. The summed E-state index contributed by atoms with van der Waals surface area (Å²) in [6, 6.07) is 9.76. The topological polar surface area (TPSA) is 46.6 Å². The van der Waals surface area contributed by atoms with Gasteiger partial charge in [0.15, 0.2) is 6.61 Å². The first-order valence-corrected chi connectivity index (χ1v) is 9.83. The molecule has 1 aliphatic heterocycles. The zero-order chi connectivity index (χ0) is 16.5. The van der Waals surface area contributed by atoms with Gasteiger partial charge in [0.2, 0.25) is 0 Å². The monoisotopic (exact) mass is 359 g/mol. The van der Waals surface area contributed by atoms with Crippen LogP contribution in [0.4, 0.5) is 5.69 Å². The largest absolute Gasteiger partial charge is 0.451 e. The van der Waals surface area contributed by atoms with Crippen LogP contribution < -0.4 is 4.90 Å². The van der Waals surface area contributed by atoms with E-state index in [4.69, 9.17) is 4.74 Å². The Labute approximate surface area is 148 Å². The summed E-state index contributed by atoms with van der Waals surface area (Å²) < 4.78 is 5.27. The van der Waals surface area contributed by atoms with E-state index >= 15 is 0 Å². The third-order valence-corrected chi connectivity index (χ3v) is 6.56. The number of amides is 1. The molecule has 6 heteroatoms. The number of anilines is 1. The molecule has 0 bridgehead atoms. The van der Waals surface area contributed by atoms with Gasteiger partial charge in [-0.2, -0.15) is 0 Å². The Kier molecular flexibility index (Phi) is 4.33. The molecule has 0 saturated heterocycles. The zero-order valence-corrected chi connectivity index (χ0v) is 14.8. The molecule has 4 nitrogen and oxygen atoms in total. The highest BCUT2D eigenvalue weighted by Gasteiger charge is 2.25. The molecule has 24 heavy (non-hydrogen) atoms. The van der Waals surface area contributed by atoms with E-state index in [9.17, 15) is 9.59 Å². The van der Waals surface area contributed by atoms with Crippen molar-refractivity contribution < 1.29 is 14.3 Å². The predicted molar refractivity (Wildman–Crippen MR) is 96.1 cm³/mol. The number of carbonyl (C=O) groups excluding carboxylic acids is 2. The Morgan fingerprint density at radius 1 is 1.21 bits per heavy atom. The van der Waals surface area contributed by atoms with Crippen molar-refractivity contribution >= 4 is 40.7 Å². The maximum Gasteiger partial charge on any atom is 0.348 e. The number of thiophene rings is 1. The van der Waals surface area contributed by atoms with Crippen molar-refractivity contribution in [3.63, 3.8) is 0 Å².